The van der Waals surface area contributed by atoms with Gasteiger partial charge in [0, 0.05) is 24.1 Å². The minimum absolute atomic E-state index is 0.0911. The lowest BCUT2D eigenvalue weighted by molar-refractivity contribution is -0.141. The first kappa shape index (κ1) is 23.7. The molecule has 0 bridgehead atoms. The first-order valence-electron chi connectivity index (χ1n) is 9.59. The third kappa shape index (κ3) is 4.93. The van der Waals surface area contributed by atoms with Gasteiger partial charge >= 0.3 is 6.18 Å². The molecule has 32 heavy (non-hydrogen) atoms. The molecule has 4 nitrogen and oxygen atoms in total. The van der Waals surface area contributed by atoms with Gasteiger partial charge in [-0.1, -0.05) is 55.8 Å². The van der Waals surface area contributed by atoms with Gasteiger partial charge in [0.05, 0.1) is 10.7 Å². The molecule has 0 saturated carbocycles. The number of rotatable bonds is 6. The van der Waals surface area contributed by atoms with E-state index in [0.717, 1.165) is 4.68 Å². The lowest BCUT2D eigenvalue weighted by Gasteiger charge is -2.21. The fraction of sp³-hybridized carbons (Fsp3) is 0.273. The Balaban J connectivity index is 1.89. The monoisotopic (exact) mass is 471 g/mol. The van der Waals surface area contributed by atoms with Gasteiger partial charge in [-0.2, -0.15) is 18.3 Å². The van der Waals surface area contributed by atoms with E-state index in [2.05, 4.69) is 10.4 Å². The van der Waals surface area contributed by atoms with E-state index in [-0.39, 0.29) is 22.8 Å². The first-order chi connectivity index (χ1) is 14.9. The molecule has 1 aromatic heterocycles. The lowest BCUT2D eigenvalue weighted by Crippen LogP contribution is -2.26. The largest absolute Gasteiger partial charge is 0.435 e. The van der Waals surface area contributed by atoms with Crippen LogP contribution in [0.15, 0.2) is 54.6 Å². The average molecular weight is 472 g/mol. The molecule has 0 radical (unpaired) electrons. The van der Waals surface area contributed by atoms with E-state index in [0.29, 0.717) is 11.6 Å². The summed E-state index contributed by atoms with van der Waals surface area (Å²) < 4.78 is 69.1. The van der Waals surface area contributed by atoms with E-state index >= 15 is 0 Å². The van der Waals surface area contributed by atoms with E-state index in [4.69, 9.17) is 11.6 Å². The van der Waals surface area contributed by atoms with E-state index in [1.54, 1.807) is 6.07 Å². The highest BCUT2D eigenvalue weighted by Crippen LogP contribution is 2.36. The number of carbonyl (C=O) groups is 1. The molecule has 0 spiro atoms. The van der Waals surface area contributed by atoms with Crippen molar-refractivity contribution >= 4 is 17.5 Å². The molecule has 1 amide bonds. The number of hydrogen-bond acceptors (Lipinski definition) is 2. The number of halogens is 6. The van der Waals surface area contributed by atoms with Crippen molar-refractivity contribution in [1.82, 2.24) is 15.1 Å². The van der Waals surface area contributed by atoms with Gasteiger partial charge in [0.2, 0.25) is 0 Å². The van der Waals surface area contributed by atoms with E-state index in [9.17, 15) is 26.7 Å². The van der Waals surface area contributed by atoms with Crippen molar-refractivity contribution in [2.45, 2.75) is 32.5 Å². The van der Waals surface area contributed by atoms with Crippen LogP contribution in [-0.4, -0.2) is 15.7 Å². The Kier molecular flexibility index (Phi) is 6.59. The summed E-state index contributed by atoms with van der Waals surface area (Å²) in [7, 11) is 0. The minimum Gasteiger partial charge on any atom is -0.347 e. The van der Waals surface area contributed by atoms with Crippen molar-refractivity contribution in [2.24, 2.45) is 5.92 Å². The fourth-order valence-electron chi connectivity index (χ4n) is 2.98. The van der Waals surface area contributed by atoms with Gasteiger partial charge < -0.3 is 5.32 Å². The van der Waals surface area contributed by atoms with E-state index in [1.165, 1.54) is 56.3 Å². The zero-order valence-electron chi connectivity index (χ0n) is 17.1. The van der Waals surface area contributed by atoms with Crippen LogP contribution in [-0.2, 0) is 18.6 Å². The Hall–Kier alpha value is -2.94. The molecule has 10 heteroatoms. The van der Waals surface area contributed by atoms with Gasteiger partial charge in [-0.3, -0.25) is 4.79 Å². The molecule has 0 aliphatic rings. The number of hydrogen-bond donors (Lipinski definition) is 1. The van der Waals surface area contributed by atoms with Crippen molar-refractivity contribution in [3.63, 3.8) is 0 Å². The summed E-state index contributed by atoms with van der Waals surface area (Å²) in [6.45, 7) is 2.61. The molecule has 170 valence electrons. The molecule has 0 aliphatic carbocycles. The number of benzene rings is 2. The van der Waals surface area contributed by atoms with Crippen molar-refractivity contribution < 1.29 is 26.7 Å². The summed E-state index contributed by atoms with van der Waals surface area (Å²) in [5, 5.41) is 6.06. The molecule has 0 saturated heterocycles. The second kappa shape index (κ2) is 8.90. The van der Waals surface area contributed by atoms with Gasteiger partial charge in [-0.25, -0.2) is 13.5 Å². The number of nitrogens with one attached hydrogen (secondary N) is 1. The topological polar surface area (TPSA) is 46.9 Å². The average Bonchev–Trinajstić information content (AvgIpc) is 3.18. The number of para-hydroxylation sites is 1. The number of amides is 1. The van der Waals surface area contributed by atoms with Gasteiger partial charge in [0.1, 0.15) is 5.69 Å². The maximum Gasteiger partial charge on any atom is 0.435 e. The van der Waals surface area contributed by atoms with Gasteiger partial charge in [0.15, 0.2) is 5.69 Å². The number of nitrogens with zero attached hydrogens (tertiary/aromatic N) is 2. The zero-order chi connectivity index (χ0) is 23.7. The van der Waals surface area contributed by atoms with Crippen molar-refractivity contribution in [2.75, 3.05) is 0 Å². The van der Waals surface area contributed by atoms with E-state index in [1.807, 2.05) is 0 Å². The minimum atomic E-state index is -4.78. The molecule has 2 aromatic carbocycles. The molecule has 0 fully saturated rings. The Labute approximate surface area is 186 Å². The molecule has 0 atom stereocenters. The predicted octanol–water partition coefficient (Wildman–Crippen LogP) is 6.22. The van der Waals surface area contributed by atoms with Crippen LogP contribution in [0.1, 0.15) is 41.2 Å². The summed E-state index contributed by atoms with van der Waals surface area (Å²) in [6.07, 6.45) is -4.78. The molecule has 3 rings (SSSR count). The van der Waals surface area contributed by atoms with E-state index < -0.39 is 35.3 Å². The summed E-state index contributed by atoms with van der Waals surface area (Å²) >= 11 is 6.07. The molecule has 1 N–H and O–H groups in total. The molecule has 0 unspecified atom stereocenters. The maximum atomic E-state index is 14.3. The number of alkyl halides is 5. The third-order valence-electron chi connectivity index (χ3n) is 4.80. The first-order valence-corrected chi connectivity index (χ1v) is 9.96. The second-order valence-corrected chi connectivity index (χ2v) is 7.84. The number of carbonyl (C=O) groups excluding carboxylic acids is 1. The van der Waals surface area contributed by atoms with Crippen LogP contribution in [0.4, 0.5) is 22.0 Å². The lowest BCUT2D eigenvalue weighted by atomic mass is 9.96. The second-order valence-electron chi connectivity index (χ2n) is 7.44. The predicted molar refractivity (Wildman–Crippen MR) is 110 cm³/mol. The Morgan fingerprint density at radius 1 is 1.06 bits per heavy atom. The Morgan fingerprint density at radius 3 is 2.38 bits per heavy atom. The highest BCUT2D eigenvalue weighted by atomic mass is 35.5. The SMILES string of the molecule is CC(C)C(F)(F)c1cccc(CNC(=O)c2cc(C(F)(F)F)nn2-c2ccccc2Cl)c1. The van der Waals surface area contributed by atoms with Crippen LogP contribution in [0.3, 0.4) is 0 Å². The zero-order valence-corrected chi connectivity index (χ0v) is 17.8. The Morgan fingerprint density at radius 2 is 1.75 bits per heavy atom. The van der Waals surface area contributed by atoms with Crippen LogP contribution >= 0.6 is 11.6 Å². The maximum absolute atomic E-state index is 14.3. The Bertz CT molecular complexity index is 1120. The van der Waals surface area contributed by atoms with Crippen molar-refractivity contribution in [1.29, 1.82) is 0 Å². The normalized spacial score (nSPS) is 12.3. The summed E-state index contributed by atoms with van der Waals surface area (Å²) in [5.41, 5.74) is -1.40. The molecule has 1 heterocycles. The molecule has 3 aromatic rings. The van der Waals surface area contributed by atoms with Crippen LogP contribution in [0, 0.1) is 5.92 Å². The third-order valence-corrected chi connectivity index (χ3v) is 5.12. The highest BCUT2D eigenvalue weighted by molar-refractivity contribution is 6.32. The highest BCUT2D eigenvalue weighted by Gasteiger charge is 2.37. The molecule has 0 aliphatic heterocycles. The van der Waals surface area contributed by atoms with Gasteiger partial charge in [-0.05, 0) is 23.8 Å². The number of aromatic nitrogens is 2. The molecular weight excluding hydrogens is 453 g/mol. The molecular formula is C22H19ClF5N3O. The van der Waals surface area contributed by atoms with Crippen molar-refractivity contribution in [3.8, 4) is 5.69 Å². The summed E-state index contributed by atoms with van der Waals surface area (Å²) in [6, 6.07) is 12.1. The van der Waals surface area contributed by atoms with Crippen LogP contribution in [0.25, 0.3) is 5.69 Å². The van der Waals surface area contributed by atoms with Crippen LogP contribution in [0.5, 0.6) is 0 Å². The summed E-state index contributed by atoms with van der Waals surface area (Å²) in [5.74, 6) is -4.86. The quantitative estimate of drug-likeness (QED) is 0.434. The smallest absolute Gasteiger partial charge is 0.347 e. The van der Waals surface area contributed by atoms with Crippen molar-refractivity contribution in [3.05, 3.63) is 82.1 Å². The fourth-order valence-corrected chi connectivity index (χ4v) is 3.20. The standard InChI is InChI=1S/C22H19ClF5N3O/c1-13(2)21(24,25)15-7-5-6-14(10-15)12-29-20(32)18-11-19(22(26,27)28)30-31(18)17-9-4-3-8-16(17)23/h3-11,13H,12H2,1-2H3,(H,29,32). The summed E-state index contributed by atoms with van der Waals surface area (Å²) in [4.78, 5) is 12.7. The van der Waals surface area contributed by atoms with Gasteiger partial charge in [0.25, 0.3) is 11.8 Å². The van der Waals surface area contributed by atoms with Gasteiger partial charge in [-0.15, -0.1) is 0 Å². The van der Waals surface area contributed by atoms with Crippen LogP contribution in [0.2, 0.25) is 5.02 Å². The van der Waals surface area contributed by atoms with Crippen LogP contribution < -0.4 is 5.32 Å².